The van der Waals surface area contributed by atoms with Gasteiger partial charge in [-0.25, -0.2) is 0 Å². The second-order valence-electron chi connectivity index (χ2n) is 4.80. The number of nitrogens with one attached hydrogen (secondary N) is 1. The number of hydrogen-bond donors (Lipinski definition) is 1. The van der Waals surface area contributed by atoms with Crippen molar-refractivity contribution in [2.24, 2.45) is 0 Å². The number of amides is 1. The van der Waals surface area contributed by atoms with E-state index in [1.807, 2.05) is 50.2 Å². The molecule has 0 radical (unpaired) electrons. The van der Waals surface area contributed by atoms with Crippen LogP contribution in [0.1, 0.15) is 18.9 Å². The van der Waals surface area contributed by atoms with Crippen molar-refractivity contribution in [3.05, 3.63) is 59.1 Å². The number of carbonyl (C=O) groups is 1. The lowest BCUT2D eigenvalue weighted by Crippen LogP contribution is -2.32. The average Bonchev–Trinajstić information content (AvgIpc) is 2.46. The molecule has 2 rings (SSSR count). The van der Waals surface area contributed by atoms with Crippen molar-refractivity contribution >= 4 is 23.2 Å². The summed E-state index contributed by atoms with van der Waals surface area (Å²) in [6.07, 6.45) is -0.0199. The molecule has 2 aromatic rings. The second-order valence-corrected chi connectivity index (χ2v) is 5.21. The number of rotatable bonds is 5. The van der Waals surface area contributed by atoms with E-state index >= 15 is 0 Å². The van der Waals surface area contributed by atoms with Crippen LogP contribution in [0.25, 0.3) is 0 Å². The SMILES string of the molecule is CC[C@H](Oc1ccccc1Cl)C(=O)Nc1cccc(C)c1. The molecular weight excluding hydrogens is 286 g/mol. The van der Waals surface area contributed by atoms with Crippen LogP contribution in [0.4, 0.5) is 5.69 Å². The number of aryl methyl sites for hydroxylation is 1. The van der Waals surface area contributed by atoms with E-state index in [4.69, 9.17) is 16.3 Å². The second kappa shape index (κ2) is 7.14. The van der Waals surface area contributed by atoms with Gasteiger partial charge in [0.1, 0.15) is 5.75 Å². The zero-order valence-corrected chi connectivity index (χ0v) is 12.9. The minimum absolute atomic E-state index is 0.178. The third-order valence-electron chi connectivity index (χ3n) is 3.05. The zero-order valence-electron chi connectivity index (χ0n) is 12.1. The largest absolute Gasteiger partial charge is 0.479 e. The molecule has 3 nitrogen and oxygen atoms in total. The van der Waals surface area contributed by atoms with Crippen LogP contribution in [0.15, 0.2) is 48.5 Å². The maximum absolute atomic E-state index is 12.3. The van der Waals surface area contributed by atoms with Gasteiger partial charge in [-0.05, 0) is 43.2 Å². The number of carbonyl (C=O) groups excluding carboxylic acids is 1. The average molecular weight is 304 g/mol. The van der Waals surface area contributed by atoms with E-state index < -0.39 is 6.10 Å². The van der Waals surface area contributed by atoms with Crippen molar-refractivity contribution in [2.75, 3.05) is 5.32 Å². The van der Waals surface area contributed by atoms with E-state index in [2.05, 4.69) is 5.32 Å². The minimum Gasteiger partial charge on any atom is -0.479 e. The molecule has 21 heavy (non-hydrogen) atoms. The van der Waals surface area contributed by atoms with Crippen LogP contribution in [0.3, 0.4) is 0 Å². The molecule has 4 heteroatoms. The topological polar surface area (TPSA) is 38.3 Å². The summed E-state index contributed by atoms with van der Waals surface area (Å²) in [6.45, 7) is 3.88. The van der Waals surface area contributed by atoms with Gasteiger partial charge in [-0.15, -0.1) is 0 Å². The van der Waals surface area contributed by atoms with Gasteiger partial charge in [0.15, 0.2) is 6.10 Å². The molecule has 0 spiro atoms. The predicted molar refractivity (Wildman–Crippen MR) is 86.0 cm³/mol. The Kier molecular flexibility index (Phi) is 5.23. The Morgan fingerprint density at radius 1 is 1.24 bits per heavy atom. The van der Waals surface area contributed by atoms with E-state index in [-0.39, 0.29) is 5.91 Å². The Labute approximate surface area is 129 Å². The maximum atomic E-state index is 12.3. The number of anilines is 1. The molecule has 0 aliphatic carbocycles. The highest BCUT2D eigenvalue weighted by Gasteiger charge is 2.19. The highest BCUT2D eigenvalue weighted by Crippen LogP contribution is 2.25. The summed E-state index contributed by atoms with van der Waals surface area (Å²) in [5.74, 6) is 0.341. The van der Waals surface area contributed by atoms with Gasteiger partial charge in [-0.3, -0.25) is 4.79 Å². The number of benzene rings is 2. The van der Waals surface area contributed by atoms with Crippen molar-refractivity contribution in [2.45, 2.75) is 26.4 Å². The molecule has 0 aromatic heterocycles. The van der Waals surface area contributed by atoms with Crippen LogP contribution >= 0.6 is 11.6 Å². The summed E-state index contributed by atoms with van der Waals surface area (Å²) < 4.78 is 5.71. The summed E-state index contributed by atoms with van der Waals surface area (Å²) >= 11 is 6.05. The molecule has 0 saturated carbocycles. The van der Waals surface area contributed by atoms with Gasteiger partial charge in [0.2, 0.25) is 0 Å². The van der Waals surface area contributed by atoms with Crippen molar-refractivity contribution in [1.82, 2.24) is 0 Å². The van der Waals surface area contributed by atoms with E-state index in [0.29, 0.717) is 17.2 Å². The fourth-order valence-corrected chi connectivity index (χ4v) is 2.14. The lowest BCUT2D eigenvalue weighted by atomic mass is 10.2. The zero-order chi connectivity index (χ0) is 15.2. The highest BCUT2D eigenvalue weighted by atomic mass is 35.5. The molecule has 0 unspecified atom stereocenters. The molecule has 0 bridgehead atoms. The monoisotopic (exact) mass is 303 g/mol. The van der Waals surface area contributed by atoms with Crippen molar-refractivity contribution in [3.8, 4) is 5.75 Å². The van der Waals surface area contributed by atoms with Gasteiger partial charge in [0.05, 0.1) is 5.02 Å². The first-order valence-corrected chi connectivity index (χ1v) is 7.26. The van der Waals surface area contributed by atoms with E-state index in [1.165, 1.54) is 0 Å². The fraction of sp³-hybridized carbons (Fsp3) is 0.235. The summed E-state index contributed by atoms with van der Waals surface area (Å²) in [6, 6.07) is 14.8. The molecule has 0 heterocycles. The minimum atomic E-state index is -0.578. The van der Waals surface area contributed by atoms with Crippen LogP contribution < -0.4 is 10.1 Å². The molecule has 0 saturated heterocycles. The van der Waals surface area contributed by atoms with Crippen LogP contribution in [-0.4, -0.2) is 12.0 Å². The van der Waals surface area contributed by atoms with Crippen LogP contribution in [-0.2, 0) is 4.79 Å². The first-order valence-electron chi connectivity index (χ1n) is 6.89. The van der Waals surface area contributed by atoms with Gasteiger partial charge in [0.25, 0.3) is 5.91 Å². The van der Waals surface area contributed by atoms with Crippen molar-refractivity contribution in [3.63, 3.8) is 0 Å². The van der Waals surface area contributed by atoms with Gasteiger partial charge in [0, 0.05) is 5.69 Å². The molecule has 0 fully saturated rings. The first kappa shape index (κ1) is 15.4. The van der Waals surface area contributed by atoms with Crippen LogP contribution in [0.5, 0.6) is 5.75 Å². The molecule has 1 N–H and O–H groups in total. The van der Waals surface area contributed by atoms with Crippen molar-refractivity contribution < 1.29 is 9.53 Å². The highest BCUT2D eigenvalue weighted by molar-refractivity contribution is 6.32. The maximum Gasteiger partial charge on any atom is 0.265 e. The number of para-hydroxylation sites is 1. The summed E-state index contributed by atoms with van der Waals surface area (Å²) in [7, 11) is 0. The Morgan fingerprint density at radius 2 is 2.00 bits per heavy atom. The fourth-order valence-electron chi connectivity index (χ4n) is 1.96. The van der Waals surface area contributed by atoms with Gasteiger partial charge >= 0.3 is 0 Å². The number of ether oxygens (including phenoxy) is 1. The molecule has 0 aliphatic rings. The van der Waals surface area contributed by atoms with Crippen LogP contribution in [0, 0.1) is 6.92 Å². The Bertz CT molecular complexity index is 628. The Morgan fingerprint density at radius 3 is 2.67 bits per heavy atom. The standard InChI is InChI=1S/C17H18ClNO2/c1-3-15(21-16-10-5-4-9-14(16)18)17(20)19-13-8-6-7-12(2)11-13/h4-11,15H,3H2,1-2H3,(H,19,20)/t15-/m0/s1. The smallest absolute Gasteiger partial charge is 0.265 e. The Hall–Kier alpha value is -2.00. The van der Waals surface area contributed by atoms with E-state index in [9.17, 15) is 4.79 Å². The Balaban J connectivity index is 2.07. The third-order valence-corrected chi connectivity index (χ3v) is 3.37. The van der Waals surface area contributed by atoms with Gasteiger partial charge in [-0.1, -0.05) is 42.8 Å². The third kappa shape index (κ3) is 4.23. The van der Waals surface area contributed by atoms with E-state index in [0.717, 1.165) is 11.3 Å². The summed E-state index contributed by atoms with van der Waals surface area (Å²) in [5, 5.41) is 3.37. The lowest BCUT2D eigenvalue weighted by Gasteiger charge is -2.18. The molecule has 2 aromatic carbocycles. The first-order chi connectivity index (χ1) is 10.1. The van der Waals surface area contributed by atoms with Crippen LogP contribution in [0.2, 0.25) is 5.02 Å². The van der Waals surface area contributed by atoms with E-state index in [1.54, 1.807) is 12.1 Å². The lowest BCUT2D eigenvalue weighted by molar-refractivity contribution is -0.122. The molecule has 110 valence electrons. The predicted octanol–water partition coefficient (Wildman–Crippen LogP) is 4.44. The number of halogens is 1. The summed E-state index contributed by atoms with van der Waals surface area (Å²) in [5.41, 5.74) is 1.86. The quantitative estimate of drug-likeness (QED) is 0.886. The molecule has 1 atom stereocenters. The number of hydrogen-bond acceptors (Lipinski definition) is 2. The van der Waals surface area contributed by atoms with Gasteiger partial charge < -0.3 is 10.1 Å². The normalized spacial score (nSPS) is 11.8. The molecule has 0 aliphatic heterocycles. The molecule has 1 amide bonds. The van der Waals surface area contributed by atoms with Gasteiger partial charge in [-0.2, -0.15) is 0 Å². The molecular formula is C17H18ClNO2. The summed E-state index contributed by atoms with van der Waals surface area (Å²) in [4.78, 5) is 12.3. The van der Waals surface area contributed by atoms with Crippen molar-refractivity contribution in [1.29, 1.82) is 0 Å².